The Morgan fingerprint density at radius 2 is 2.06 bits per heavy atom. The first kappa shape index (κ1) is 13.1. The van der Waals surface area contributed by atoms with Crippen LogP contribution < -0.4 is 5.32 Å². The van der Waals surface area contributed by atoms with E-state index < -0.39 is 0 Å². The van der Waals surface area contributed by atoms with Gasteiger partial charge in [0.1, 0.15) is 5.82 Å². The summed E-state index contributed by atoms with van der Waals surface area (Å²) in [6, 6.07) is 6.74. The average Bonchev–Trinajstić information content (AvgIpc) is 2.29. The van der Waals surface area contributed by atoms with E-state index in [1.54, 1.807) is 12.1 Å². The smallest absolute Gasteiger partial charge is 0.127 e. The van der Waals surface area contributed by atoms with Crippen LogP contribution in [0, 0.1) is 5.82 Å². The molecule has 0 heterocycles. The second kappa shape index (κ2) is 6.61. The Kier molecular flexibility index (Phi) is 5.43. The Hall–Kier alpha value is -0.930. The second-order valence-electron chi connectivity index (χ2n) is 4.05. The van der Waals surface area contributed by atoms with Gasteiger partial charge in [0.15, 0.2) is 0 Å². The molecule has 0 saturated carbocycles. The summed E-state index contributed by atoms with van der Waals surface area (Å²) in [5, 5.41) is 12.6. The van der Waals surface area contributed by atoms with E-state index in [4.69, 9.17) is 0 Å². The average molecular weight is 225 g/mol. The number of halogens is 1. The molecule has 16 heavy (non-hydrogen) atoms. The van der Waals surface area contributed by atoms with Crippen molar-refractivity contribution in [3.63, 3.8) is 0 Å². The zero-order valence-electron chi connectivity index (χ0n) is 9.91. The summed E-state index contributed by atoms with van der Waals surface area (Å²) in [7, 11) is 0. The third-order valence-corrected chi connectivity index (χ3v) is 2.77. The SMILES string of the molecule is CCC(O)CCNC(C)c1ccccc1F. The quantitative estimate of drug-likeness (QED) is 0.780. The molecule has 1 aromatic rings. The van der Waals surface area contributed by atoms with Crippen LogP contribution in [0.2, 0.25) is 0 Å². The standard InChI is InChI=1S/C13H20FNO/c1-3-11(16)8-9-15-10(2)12-6-4-5-7-13(12)14/h4-7,10-11,15-16H,3,8-9H2,1-2H3. The first-order valence-corrected chi connectivity index (χ1v) is 5.81. The molecule has 0 aliphatic rings. The topological polar surface area (TPSA) is 32.3 Å². The van der Waals surface area contributed by atoms with E-state index in [-0.39, 0.29) is 18.0 Å². The van der Waals surface area contributed by atoms with Crippen molar-refractivity contribution in [3.8, 4) is 0 Å². The van der Waals surface area contributed by atoms with E-state index in [9.17, 15) is 9.50 Å². The molecule has 0 radical (unpaired) electrons. The molecule has 0 amide bonds. The van der Waals surface area contributed by atoms with Gasteiger partial charge in [0.05, 0.1) is 6.10 Å². The molecule has 2 N–H and O–H groups in total. The van der Waals surface area contributed by atoms with Crippen molar-refractivity contribution in [3.05, 3.63) is 35.6 Å². The highest BCUT2D eigenvalue weighted by Crippen LogP contribution is 2.15. The molecular weight excluding hydrogens is 205 g/mol. The van der Waals surface area contributed by atoms with Crippen molar-refractivity contribution in [1.29, 1.82) is 0 Å². The molecule has 0 bridgehead atoms. The minimum Gasteiger partial charge on any atom is -0.393 e. The van der Waals surface area contributed by atoms with Gasteiger partial charge in [-0.2, -0.15) is 0 Å². The molecule has 0 aliphatic heterocycles. The molecule has 90 valence electrons. The van der Waals surface area contributed by atoms with Gasteiger partial charge in [-0.15, -0.1) is 0 Å². The zero-order chi connectivity index (χ0) is 12.0. The van der Waals surface area contributed by atoms with Gasteiger partial charge in [-0.1, -0.05) is 25.1 Å². The lowest BCUT2D eigenvalue weighted by Crippen LogP contribution is -2.23. The minimum atomic E-state index is -0.264. The van der Waals surface area contributed by atoms with Crippen LogP contribution in [0.3, 0.4) is 0 Å². The predicted octanol–water partition coefficient (Wildman–Crippen LogP) is 2.64. The fraction of sp³-hybridized carbons (Fsp3) is 0.538. The molecule has 0 fully saturated rings. The first-order chi connectivity index (χ1) is 7.65. The van der Waals surface area contributed by atoms with E-state index in [1.165, 1.54) is 6.07 Å². The summed E-state index contributed by atoms with van der Waals surface area (Å²) in [6.07, 6.45) is 1.20. The van der Waals surface area contributed by atoms with Crippen molar-refractivity contribution in [2.45, 2.75) is 38.8 Å². The summed E-state index contributed by atoms with van der Waals surface area (Å²) in [5.41, 5.74) is 0.675. The molecule has 1 aromatic carbocycles. The maximum absolute atomic E-state index is 13.4. The first-order valence-electron chi connectivity index (χ1n) is 5.81. The Labute approximate surface area is 96.5 Å². The van der Waals surface area contributed by atoms with Crippen LogP contribution >= 0.6 is 0 Å². The van der Waals surface area contributed by atoms with Gasteiger partial charge >= 0.3 is 0 Å². The molecule has 0 spiro atoms. The Bertz CT molecular complexity index is 317. The lowest BCUT2D eigenvalue weighted by atomic mass is 10.1. The van der Waals surface area contributed by atoms with Gasteiger partial charge in [0.25, 0.3) is 0 Å². The van der Waals surface area contributed by atoms with Crippen molar-refractivity contribution in [2.75, 3.05) is 6.54 Å². The molecule has 0 aliphatic carbocycles. The van der Waals surface area contributed by atoms with Crippen molar-refractivity contribution >= 4 is 0 Å². The fourth-order valence-electron chi connectivity index (χ4n) is 1.61. The molecule has 0 saturated heterocycles. The van der Waals surface area contributed by atoms with E-state index in [1.807, 2.05) is 19.9 Å². The van der Waals surface area contributed by atoms with E-state index in [0.29, 0.717) is 18.5 Å². The number of hydrogen-bond donors (Lipinski definition) is 2. The Balaban J connectivity index is 2.41. The van der Waals surface area contributed by atoms with Gasteiger partial charge in [-0.3, -0.25) is 0 Å². The van der Waals surface area contributed by atoms with Crippen LogP contribution in [-0.4, -0.2) is 17.8 Å². The van der Waals surface area contributed by atoms with Crippen LogP contribution in [0.1, 0.15) is 38.3 Å². The van der Waals surface area contributed by atoms with Crippen molar-refractivity contribution in [2.24, 2.45) is 0 Å². The largest absolute Gasteiger partial charge is 0.393 e. The number of nitrogens with one attached hydrogen (secondary N) is 1. The Morgan fingerprint density at radius 1 is 1.38 bits per heavy atom. The van der Waals surface area contributed by atoms with Crippen molar-refractivity contribution < 1.29 is 9.50 Å². The number of aliphatic hydroxyl groups is 1. The monoisotopic (exact) mass is 225 g/mol. The zero-order valence-corrected chi connectivity index (χ0v) is 9.91. The molecule has 2 unspecified atom stereocenters. The third kappa shape index (κ3) is 3.91. The molecular formula is C13H20FNO. The van der Waals surface area contributed by atoms with E-state index in [0.717, 1.165) is 6.42 Å². The van der Waals surface area contributed by atoms with Crippen LogP contribution in [0.5, 0.6) is 0 Å². The summed E-state index contributed by atoms with van der Waals surface area (Å²) in [6.45, 7) is 4.58. The summed E-state index contributed by atoms with van der Waals surface area (Å²) in [5.74, 6) is -0.182. The molecule has 3 heteroatoms. The normalized spacial score (nSPS) is 14.8. The van der Waals surface area contributed by atoms with E-state index in [2.05, 4.69) is 5.32 Å². The number of aliphatic hydroxyl groups excluding tert-OH is 1. The second-order valence-corrected chi connectivity index (χ2v) is 4.05. The lowest BCUT2D eigenvalue weighted by Gasteiger charge is -2.16. The van der Waals surface area contributed by atoms with E-state index >= 15 is 0 Å². The van der Waals surface area contributed by atoms with Gasteiger partial charge in [0.2, 0.25) is 0 Å². The van der Waals surface area contributed by atoms with Gasteiger partial charge < -0.3 is 10.4 Å². The third-order valence-electron chi connectivity index (χ3n) is 2.77. The lowest BCUT2D eigenvalue weighted by molar-refractivity contribution is 0.158. The maximum atomic E-state index is 13.4. The maximum Gasteiger partial charge on any atom is 0.127 e. The number of rotatable bonds is 6. The van der Waals surface area contributed by atoms with Crippen LogP contribution in [0.4, 0.5) is 4.39 Å². The van der Waals surface area contributed by atoms with Gasteiger partial charge in [-0.25, -0.2) is 4.39 Å². The summed E-state index contributed by atoms with van der Waals surface area (Å²) < 4.78 is 13.4. The highest BCUT2D eigenvalue weighted by Gasteiger charge is 2.09. The minimum absolute atomic E-state index is 0.0229. The Morgan fingerprint density at radius 3 is 2.69 bits per heavy atom. The highest BCUT2D eigenvalue weighted by molar-refractivity contribution is 5.20. The highest BCUT2D eigenvalue weighted by atomic mass is 19.1. The summed E-state index contributed by atoms with van der Waals surface area (Å²) >= 11 is 0. The molecule has 2 atom stereocenters. The molecule has 2 nitrogen and oxygen atoms in total. The fourth-order valence-corrected chi connectivity index (χ4v) is 1.61. The van der Waals surface area contributed by atoms with Crippen LogP contribution in [0.15, 0.2) is 24.3 Å². The molecule has 0 aromatic heterocycles. The van der Waals surface area contributed by atoms with Crippen LogP contribution in [0.25, 0.3) is 0 Å². The van der Waals surface area contributed by atoms with Gasteiger partial charge in [-0.05, 0) is 32.4 Å². The predicted molar refractivity (Wildman–Crippen MR) is 63.7 cm³/mol. The van der Waals surface area contributed by atoms with Crippen LogP contribution in [-0.2, 0) is 0 Å². The van der Waals surface area contributed by atoms with Crippen molar-refractivity contribution in [1.82, 2.24) is 5.32 Å². The molecule has 1 rings (SSSR count). The van der Waals surface area contributed by atoms with Gasteiger partial charge in [0, 0.05) is 11.6 Å². The summed E-state index contributed by atoms with van der Waals surface area (Å²) in [4.78, 5) is 0. The number of hydrogen-bond acceptors (Lipinski definition) is 2. The number of benzene rings is 1.